The minimum Gasteiger partial charge on any atom is -0.462 e. The zero-order valence-electron chi connectivity index (χ0n) is 17.0. The Hall–Kier alpha value is -2.71. The second-order valence-corrected chi connectivity index (χ2v) is 8.54. The van der Waals surface area contributed by atoms with Crippen molar-refractivity contribution in [3.63, 3.8) is 0 Å². The molecule has 1 N–H and O–H groups in total. The van der Waals surface area contributed by atoms with Crippen molar-refractivity contribution in [3.05, 3.63) is 59.4 Å². The molecule has 3 rings (SSSR count). The number of anilines is 1. The van der Waals surface area contributed by atoms with Crippen molar-refractivity contribution in [2.24, 2.45) is 0 Å². The lowest BCUT2D eigenvalue weighted by Gasteiger charge is -2.15. The molecule has 156 valence electrons. The molecule has 0 saturated carbocycles. The quantitative estimate of drug-likeness (QED) is 0.294. The summed E-state index contributed by atoms with van der Waals surface area (Å²) in [5, 5.41) is 5.70. The lowest BCUT2D eigenvalue weighted by Crippen LogP contribution is -2.25. The van der Waals surface area contributed by atoms with Gasteiger partial charge in [-0.15, -0.1) is 11.3 Å². The third kappa shape index (κ3) is 5.25. The summed E-state index contributed by atoms with van der Waals surface area (Å²) in [6.07, 6.45) is 2.11. The van der Waals surface area contributed by atoms with E-state index < -0.39 is 5.97 Å². The van der Waals surface area contributed by atoms with Crippen molar-refractivity contribution in [1.29, 1.82) is 0 Å². The average Bonchev–Trinajstić information content (AvgIpc) is 3.16. The Bertz CT molecular complexity index is 1020. The molecule has 0 bridgehead atoms. The summed E-state index contributed by atoms with van der Waals surface area (Å²) in [4.78, 5) is 34.0. The van der Waals surface area contributed by atoms with E-state index in [-0.39, 0.29) is 17.8 Å². The van der Waals surface area contributed by atoms with E-state index in [0.717, 1.165) is 21.8 Å². The highest BCUT2D eigenvalue weighted by Crippen LogP contribution is 2.37. The maximum atomic E-state index is 13.0. The van der Waals surface area contributed by atoms with Gasteiger partial charge in [-0.3, -0.25) is 4.79 Å². The Morgan fingerprint density at radius 2 is 1.97 bits per heavy atom. The van der Waals surface area contributed by atoms with Crippen molar-refractivity contribution < 1.29 is 14.3 Å². The second kappa shape index (κ2) is 10.4. The zero-order valence-corrected chi connectivity index (χ0v) is 18.7. The van der Waals surface area contributed by atoms with Crippen LogP contribution in [0, 0.1) is 6.92 Å². The Labute approximate surface area is 184 Å². The summed E-state index contributed by atoms with van der Waals surface area (Å²) >= 11 is 2.71. The van der Waals surface area contributed by atoms with Crippen LogP contribution in [-0.4, -0.2) is 33.7 Å². The molecule has 30 heavy (non-hydrogen) atoms. The first kappa shape index (κ1) is 22.0. The van der Waals surface area contributed by atoms with E-state index in [2.05, 4.69) is 15.3 Å². The molecule has 0 aliphatic rings. The summed E-state index contributed by atoms with van der Waals surface area (Å²) in [6, 6.07) is 11.4. The van der Waals surface area contributed by atoms with Crippen LogP contribution >= 0.6 is 23.1 Å². The van der Waals surface area contributed by atoms with Crippen LogP contribution in [0.3, 0.4) is 0 Å². The molecule has 0 spiro atoms. The van der Waals surface area contributed by atoms with Gasteiger partial charge in [0.2, 0.25) is 5.91 Å². The van der Waals surface area contributed by atoms with Gasteiger partial charge in [0.25, 0.3) is 0 Å². The van der Waals surface area contributed by atoms with E-state index in [1.807, 2.05) is 55.6 Å². The molecule has 8 heteroatoms. The Balaban J connectivity index is 1.86. The molecule has 0 fully saturated rings. The van der Waals surface area contributed by atoms with Crippen LogP contribution in [0.2, 0.25) is 0 Å². The second-order valence-electron chi connectivity index (χ2n) is 6.44. The van der Waals surface area contributed by atoms with E-state index in [0.29, 0.717) is 17.0 Å². The van der Waals surface area contributed by atoms with Gasteiger partial charge in [0.15, 0.2) is 0 Å². The molecular weight excluding hydrogens is 418 g/mol. The number of rotatable bonds is 8. The first-order valence-electron chi connectivity index (χ1n) is 9.63. The summed E-state index contributed by atoms with van der Waals surface area (Å²) in [5.41, 5.74) is 2.88. The molecule has 6 nitrogen and oxygen atoms in total. The number of hydrogen-bond donors (Lipinski definition) is 1. The smallest absolute Gasteiger partial charge is 0.341 e. The summed E-state index contributed by atoms with van der Waals surface area (Å²) in [6.45, 7) is 5.85. The number of amides is 1. The van der Waals surface area contributed by atoms with Crippen LogP contribution in [0.4, 0.5) is 5.00 Å². The molecule has 3 aromatic rings. The molecule has 1 unspecified atom stereocenters. The fourth-order valence-corrected chi connectivity index (χ4v) is 4.77. The van der Waals surface area contributed by atoms with Crippen LogP contribution in [0.25, 0.3) is 11.1 Å². The summed E-state index contributed by atoms with van der Waals surface area (Å²) in [5.74, 6) is -0.620. The van der Waals surface area contributed by atoms with E-state index >= 15 is 0 Å². The van der Waals surface area contributed by atoms with Crippen molar-refractivity contribution >= 4 is 40.0 Å². The Kier molecular flexibility index (Phi) is 7.59. The van der Waals surface area contributed by atoms with Gasteiger partial charge in [0, 0.05) is 16.6 Å². The lowest BCUT2D eigenvalue weighted by atomic mass is 10.0. The van der Waals surface area contributed by atoms with E-state index in [1.165, 1.54) is 29.4 Å². The maximum absolute atomic E-state index is 13.0. The predicted octanol–water partition coefficient (Wildman–Crippen LogP) is 5.20. The van der Waals surface area contributed by atoms with Crippen LogP contribution in [0.5, 0.6) is 0 Å². The highest BCUT2D eigenvalue weighted by Gasteiger charge is 2.25. The minimum atomic E-state index is -0.444. The van der Waals surface area contributed by atoms with Crippen molar-refractivity contribution in [2.45, 2.75) is 37.5 Å². The topological polar surface area (TPSA) is 81.2 Å². The zero-order chi connectivity index (χ0) is 21.5. The molecule has 2 heterocycles. The number of aryl methyl sites for hydroxylation is 1. The average molecular weight is 442 g/mol. The Morgan fingerprint density at radius 1 is 1.20 bits per heavy atom. The third-order valence-electron chi connectivity index (χ3n) is 4.30. The first-order chi connectivity index (χ1) is 14.5. The van der Waals surface area contributed by atoms with Gasteiger partial charge < -0.3 is 10.1 Å². The van der Waals surface area contributed by atoms with Crippen molar-refractivity contribution in [3.8, 4) is 11.1 Å². The molecule has 0 aliphatic carbocycles. The van der Waals surface area contributed by atoms with Gasteiger partial charge in [0.1, 0.15) is 21.9 Å². The number of benzene rings is 1. The number of carbonyl (C=O) groups is 2. The maximum Gasteiger partial charge on any atom is 0.341 e. The molecule has 0 aliphatic heterocycles. The van der Waals surface area contributed by atoms with Gasteiger partial charge in [-0.2, -0.15) is 0 Å². The van der Waals surface area contributed by atoms with Gasteiger partial charge in [-0.25, -0.2) is 14.8 Å². The first-order valence-corrected chi connectivity index (χ1v) is 11.4. The standard InChI is InChI=1S/C22H23N3O3S2/c1-4-17(30-18-11-14(3)23-13-24-18)20(26)25-21-19(22(27)28-5-2)16(12-29-21)15-9-7-6-8-10-15/h6-13,17H,4-5H2,1-3H3,(H,25,26). The van der Waals surface area contributed by atoms with Gasteiger partial charge in [0.05, 0.1) is 11.9 Å². The highest BCUT2D eigenvalue weighted by molar-refractivity contribution is 8.00. The SMILES string of the molecule is CCOC(=O)c1c(-c2ccccc2)csc1NC(=O)C(CC)Sc1cc(C)ncn1. The Morgan fingerprint density at radius 3 is 2.63 bits per heavy atom. The molecule has 0 saturated heterocycles. The van der Waals surface area contributed by atoms with Crippen LogP contribution in [0.15, 0.2) is 53.1 Å². The van der Waals surface area contributed by atoms with Gasteiger partial charge in [-0.1, -0.05) is 49.0 Å². The third-order valence-corrected chi connectivity index (χ3v) is 6.49. The van der Waals surface area contributed by atoms with Gasteiger partial charge >= 0.3 is 5.97 Å². The van der Waals surface area contributed by atoms with E-state index in [1.54, 1.807) is 6.92 Å². The van der Waals surface area contributed by atoms with E-state index in [9.17, 15) is 9.59 Å². The number of thiophene rings is 1. The van der Waals surface area contributed by atoms with Crippen molar-refractivity contribution in [2.75, 3.05) is 11.9 Å². The van der Waals surface area contributed by atoms with Gasteiger partial charge in [-0.05, 0) is 31.9 Å². The van der Waals surface area contributed by atoms with Crippen molar-refractivity contribution in [1.82, 2.24) is 9.97 Å². The molecule has 1 atom stereocenters. The fraction of sp³-hybridized carbons (Fsp3) is 0.273. The minimum absolute atomic E-state index is 0.175. The number of esters is 1. The number of nitrogens with zero attached hydrogens (tertiary/aromatic N) is 2. The number of nitrogens with one attached hydrogen (secondary N) is 1. The normalized spacial score (nSPS) is 11.7. The number of carbonyl (C=O) groups excluding carboxylic acids is 2. The molecule has 1 aromatic carbocycles. The van der Waals surface area contributed by atoms with E-state index in [4.69, 9.17) is 4.74 Å². The molecule has 1 amide bonds. The molecule has 0 radical (unpaired) electrons. The molecular formula is C22H23N3O3S2. The predicted molar refractivity (Wildman–Crippen MR) is 121 cm³/mol. The fourth-order valence-electron chi connectivity index (χ4n) is 2.84. The van der Waals surface area contributed by atoms with Crippen LogP contribution in [0.1, 0.15) is 36.3 Å². The van der Waals surface area contributed by atoms with Crippen LogP contribution < -0.4 is 5.32 Å². The van der Waals surface area contributed by atoms with Crippen LogP contribution in [-0.2, 0) is 9.53 Å². The molecule has 2 aromatic heterocycles. The number of ether oxygens (including phenoxy) is 1. The number of aromatic nitrogens is 2. The highest BCUT2D eigenvalue weighted by atomic mass is 32.2. The summed E-state index contributed by atoms with van der Waals surface area (Å²) < 4.78 is 5.26. The number of hydrogen-bond acceptors (Lipinski definition) is 7. The summed E-state index contributed by atoms with van der Waals surface area (Å²) in [7, 11) is 0. The number of thioether (sulfide) groups is 1. The monoisotopic (exact) mass is 441 g/mol. The lowest BCUT2D eigenvalue weighted by molar-refractivity contribution is -0.115. The largest absolute Gasteiger partial charge is 0.462 e.